The van der Waals surface area contributed by atoms with Crippen LogP contribution in [0.2, 0.25) is 18.6 Å². The molecule has 0 rings (SSSR count). The Bertz CT molecular complexity index is 66.8. The highest BCUT2D eigenvalue weighted by molar-refractivity contribution is 6.44. The smallest absolute Gasteiger partial charge is 0.320 e. The van der Waals surface area contributed by atoms with Crippen LogP contribution in [0.25, 0.3) is 0 Å². The van der Waals surface area contributed by atoms with Crippen LogP contribution >= 0.6 is 0 Å². The van der Waals surface area contributed by atoms with Crippen molar-refractivity contribution in [3.63, 3.8) is 0 Å². The molecule has 0 amide bonds. The largest absolute Gasteiger partial charge is 0.400 e. The van der Waals surface area contributed by atoms with E-state index in [0.29, 0.717) is 0 Å². The topological polar surface area (TPSA) is 18.5 Å². The van der Waals surface area contributed by atoms with E-state index in [9.17, 15) is 0 Å². The minimum atomic E-state index is -1.20. The molecule has 0 bridgehead atoms. The fraction of sp³-hybridized carbons (Fsp3) is 1.00. The van der Waals surface area contributed by atoms with Crippen molar-refractivity contribution in [2.24, 2.45) is 0 Å². The van der Waals surface area contributed by atoms with Crippen LogP contribution in [0.15, 0.2) is 0 Å². The van der Waals surface area contributed by atoms with E-state index >= 15 is 0 Å². The zero-order chi connectivity index (χ0) is 7.82. The zero-order valence-electron chi connectivity index (χ0n) is 7.22. The summed E-state index contributed by atoms with van der Waals surface area (Å²) < 4.78 is 10.4. The molecule has 0 saturated heterocycles. The molecule has 0 aromatic rings. The predicted octanol–water partition coefficient (Wildman–Crippen LogP) is 0.525. The number of hydrogen-bond donors (Lipinski definition) is 0. The molecule has 0 heterocycles. The lowest BCUT2D eigenvalue weighted by molar-refractivity contribution is 0.277. The Labute approximate surface area is 67.6 Å². The van der Waals surface area contributed by atoms with E-state index < -0.39 is 9.28 Å². The van der Waals surface area contributed by atoms with Gasteiger partial charge in [0.1, 0.15) is 0 Å². The minimum Gasteiger partial charge on any atom is -0.400 e. The Kier molecular flexibility index (Phi) is 7.72. The van der Waals surface area contributed by atoms with Crippen molar-refractivity contribution >= 4 is 18.8 Å². The van der Waals surface area contributed by atoms with E-state index in [2.05, 4.69) is 6.55 Å². The van der Waals surface area contributed by atoms with Gasteiger partial charge in [-0.1, -0.05) is 19.0 Å². The molecule has 0 spiro atoms. The van der Waals surface area contributed by atoms with Crippen LogP contribution in [0.4, 0.5) is 0 Å². The maximum atomic E-state index is 5.18. The lowest BCUT2D eigenvalue weighted by Gasteiger charge is -2.09. The fourth-order valence-electron chi connectivity index (χ4n) is 0.893. The van der Waals surface area contributed by atoms with Gasteiger partial charge >= 0.3 is 9.28 Å². The third kappa shape index (κ3) is 5.16. The second-order valence-corrected chi connectivity index (χ2v) is 6.48. The monoisotopic (exact) mass is 178 g/mol. The molecule has 0 N–H and O–H groups in total. The predicted molar refractivity (Wildman–Crippen MR) is 49.8 cm³/mol. The Morgan fingerprint density at radius 3 is 2.30 bits per heavy atom. The van der Waals surface area contributed by atoms with Crippen LogP contribution in [0.1, 0.15) is 6.42 Å². The van der Waals surface area contributed by atoms with Gasteiger partial charge in [-0.15, -0.1) is 0 Å². The molecular weight excluding hydrogens is 160 g/mol. The van der Waals surface area contributed by atoms with Crippen molar-refractivity contribution in [3.05, 3.63) is 0 Å². The summed E-state index contributed by atoms with van der Waals surface area (Å²) in [6.45, 7) is 2.34. The van der Waals surface area contributed by atoms with Crippen molar-refractivity contribution in [2.45, 2.75) is 25.1 Å². The first-order valence-electron chi connectivity index (χ1n) is 3.90. The van der Waals surface area contributed by atoms with Gasteiger partial charge in [0.05, 0.1) is 0 Å². The highest BCUT2D eigenvalue weighted by Gasteiger charge is 2.07. The second-order valence-electron chi connectivity index (χ2n) is 2.40. The molecule has 0 fully saturated rings. The zero-order valence-corrected chi connectivity index (χ0v) is 9.79. The highest BCUT2D eigenvalue weighted by atomic mass is 28.3. The van der Waals surface area contributed by atoms with Gasteiger partial charge in [0.25, 0.3) is 0 Å². The van der Waals surface area contributed by atoms with Crippen LogP contribution in [-0.2, 0) is 8.85 Å². The molecule has 0 unspecified atom stereocenters. The van der Waals surface area contributed by atoms with Crippen molar-refractivity contribution in [1.29, 1.82) is 0 Å². The molecule has 0 radical (unpaired) electrons. The Hall–Kier alpha value is 0.354. The normalized spacial score (nSPS) is 12.0. The molecule has 0 aromatic heterocycles. The molecule has 0 aliphatic heterocycles. The maximum absolute atomic E-state index is 5.18. The molecule has 0 aliphatic rings. The number of hydrogen-bond acceptors (Lipinski definition) is 2. The van der Waals surface area contributed by atoms with E-state index in [1.54, 1.807) is 14.2 Å². The van der Waals surface area contributed by atoms with Crippen molar-refractivity contribution < 1.29 is 8.85 Å². The third-order valence-electron chi connectivity index (χ3n) is 1.57. The van der Waals surface area contributed by atoms with Gasteiger partial charge in [-0.2, -0.15) is 0 Å². The van der Waals surface area contributed by atoms with E-state index in [0.717, 1.165) is 0 Å². The van der Waals surface area contributed by atoms with E-state index in [1.165, 1.54) is 18.5 Å². The molecule has 4 heteroatoms. The summed E-state index contributed by atoms with van der Waals surface area (Å²) in [5.74, 6) is 0. The molecule has 0 atom stereocenters. The molecule has 10 heavy (non-hydrogen) atoms. The number of rotatable bonds is 6. The van der Waals surface area contributed by atoms with Crippen LogP contribution < -0.4 is 0 Å². The van der Waals surface area contributed by atoms with Gasteiger partial charge in [-0.05, 0) is 6.04 Å². The van der Waals surface area contributed by atoms with E-state index in [1.807, 2.05) is 0 Å². The third-order valence-corrected chi connectivity index (χ3v) is 4.71. The molecule has 0 aromatic carbocycles. The Morgan fingerprint density at radius 1 is 1.30 bits per heavy atom. The van der Waals surface area contributed by atoms with Crippen LogP contribution in [-0.4, -0.2) is 33.0 Å². The van der Waals surface area contributed by atoms with Gasteiger partial charge in [-0.25, -0.2) is 0 Å². The van der Waals surface area contributed by atoms with Gasteiger partial charge in [-0.3, -0.25) is 0 Å². The van der Waals surface area contributed by atoms with Gasteiger partial charge < -0.3 is 8.85 Å². The van der Waals surface area contributed by atoms with Crippen molar-refractivity contribution in [2.75, 3.05) is 14.2 Å². The summed E-state index contributed by atoms with van der Waals surface area (Å²) in [4.78, 5) is 0. The standard InChI is InChI=1S/C6H18O2Si2/c1-7-10(8-2)6-4-5-9-3/h10H,4-6,9H2,1-3H3. The van der Waals surface area contributed by atoms with Crippen molar-refractivity contribution in [1.82, 2.24) is 0 Å². The van der Waals surface area contributed by atoms with Gasteiger partial charge in [0.15, 0.2) is 0 Å². The average Bonchev–Trinajstić information content (AvgIpc) is 1.99. The quantitative estimate of drug-likeness (QED) is 0.436. The molecule has 0 saturated carbocycles. The van der Waals surface area contributed by atoms with Crippen LogP contribution in [0, 0.1) is 0 Å². The first kappa shape index (κ1) is 10.4. The van der Waals surface area contributed by atoms with E-state index in [4.69, 9.17) is 8.85 Å². The molecular formula is C6H18O2Si2. The highest BCUT2D eigenvalue weighted by Crippen LogP contribution is 2.02. The Balaban J connectivity index is 3.09. The maximum Gasteiger partial charge on any atom is 0.320 e. The van der Waals surface area contributed by atoms with Gasteiger partial charge in [0.2, 0.25) is 0 Å². The second kappa shape index (κ2) is 7.46. The summed E-state index contributed by atoms with van der Waals surface area (Å²) in [5.41, 5.74) is 0. The summed E-state index contributed by atoms with van der Waals surface area (Å²) >= 11 is 0. The first-order valence-corrected chi connectivity index (χ1v) is 8.08. The van der Waals surface area contributed by atoms with Crippen LogP contribution in [0.3, 0.4) is 0 Å². The van der Waals surface area contributed by atoms with Gasteiger partial charge in [0, 0.05) is 23.7 Å². The summed E-state index contributed by atoms with van der Waals surface area (Å²) in [5, 5.41) is 0. The fourth-order valence-corrected chi connectivity index (χ4v) is 3.54. The first-order chi connectivity index (χ1) is 4.85. The van der Waals surface area contributed by atoms with E-state index in [-0.39, 0.29) is 9.52 Å². The minimum absolute atomic E-state index is 0.267. The van der Waals surface area contributed by atoms with Crippen molar-refractivity contribution in [3.8, 4) is 0 Å². The molecule has 0 aliphatic carbocycles. The lowest BCUT2D eigenvalue weighted by atomic mass is 10.6. The molecule has 62 valence electrons. The molecule has 2 nitrogen and oxygen atoms in total. The summed E-state index contributed by atoms with van der Waals surface area (Å²) in [7, 11) is 2.57. The summed E-state index contributed by atoms with van der Waals surface area (Å²) in [6, 6.07) is 2.63. The Morgan fingerprint density at radius 2 is 1.90 bits per heavy atom. The SMILES string of the molecule is CO[SiH](CCC[SiH2]C)OC. The average molecular weight is 178 g/mol. The van der Waals surface area contributed by atoms with Crippen LogP contribution in [0.5, 0.6) is 0 Å². The summed E-state index contributed by atoms with van der Waals surface area (Å²) in [6.07, 6.45) is 1.32. The lowest BCUT2D eigenvalue weighted by Crippen LogP contribution is -2.18.